The topological polar surface area (TPSA) is 51.2 Å². The normalized spacial score (nSPS) is 10.7. The number of fused-ring (bicyclic) bond motifs is 1. The molecule has 1 aromatic heterocycles. The molecule has 0 aliphatic heterocycles. The lowest BCUT2D eigenvalue weighted by Gasteiger charge is -2.03. The average molecular weight is 320 g/mol. The standard InChI is InChI=1S/C15H10F2N2O2S/c1-21-8-5-6-11-12(7-8)22-15(18-11)19-14(20)13-9(16)3-2-4-10(13)17/h2-7H,1H3,(H,18,19,20). The lowest BCUT2D eigenvalue weighted by molar-refractivity contribution is 0.101. The summed E-state index contributed by atoms with van der Waals surface area (Å²) in [7, 11) is 1.55. The van der Waals surface area contributed by atoms with Crippen molar-refractivity contribution in [2.75, 3.05) is 12.4 Å². The molecule has 3 rings (SSSR count). The first-order chi connectivity index (χ1) is 10.6. The van der Waals surface area contributed by atoms with E-state index < -0.39 is 23.1 Å². The number of amides is 1. The number of hydrogen-bond acceptors (Lipinski definition) is 4. The zero-order valence-electron chi connectivity index (χ0n) is 11.4. The fourth-order valence-corrected chi connectivity index (χ4v) is 2.85. The van der Waals surface area contributed by atoms with Gasteiger partial charge in [0.15, 0.2) is 5.13 Å². The molecule has 0 bridgehead atoms. The molecule has 0 saturated carbocycles. The minimum absolute atomic E-state index is 0.260. The number of rotatable bonds is 3. The Kier molecular flexibility index (Phi) is 3.72. The fourth-order valence-electron chi connectivity index (χ4n) is 1.96. The Labute approximate surface area is 128 Å². The van der Waals surface area contributed by atoms with Crippen LogP contribution in [0.15, 0.2) is 36.4 Å². The van der Waals surface area contributed by atoms with E-state index in [0.717, 1.165) is 16.8 Å². The van der Waals surface area contributed by atoms with Crippen LogP contribution >= 0.6 is 11.3 Å². The molecular formula is C15H10F2N2O2S. The summed E-state index contributed by atoms with van der Waals surface area (Å²) in [5.74, 6) is -2.05. The molecule has 1 amide bonds. The predicted octanol–water partition coefficient (Wildman–Crippen LogP) is 3.84. The Balaban J connectivity index is 1.91. The van der Waals surface area contributed by atoms with E-state index in [1.807, 2.05) is 0 Å². The smallest absolute Gasteiger partial charge is 0.263 e. The van der Waals surface area contributed by atoms with Crippen LogP contribution in [0.1, 0.15) is 10.4 Å². The SMILES string of the molecule is COc1ccc2nc(NC(=O)c3c(F)cccc3F)sc2c1. The maximum atomic E-state index is 13.6. The van der Waals surface area contributed by atoms with Crippen molar-refractivity contribution in [2.45, 2.75) is 0 Å². The van der Waals surface area contributed by atoms with Crippen molar-refractivity contribution in [1.29, 1.82) is 0 Å². The summed E-state index contributed by atoms with van der Waals surface area (Å²) in [6.07, 6.45) is 0. The number of anilines is 1. The first-order valence-corrected chi connectivity index (χ1v) is 7.10. The van der Waals surface area contributed by atoms with Crippen LogP contribution in [0.5, 0.6) is 5.75 Å². The molecule has 0 fully saturated rings. The Morgan fingerprint density at radius 1 is 1.23 bits per heavy atom. The number of nitrogens with zero attached hydrogens (tertiary/aromatic N) is 1. The van der Waals surface area contributed by atoms with Gasteiger partial charge in [-0.15, -0.1) is 0 Å². The number of halogens is 2. The van der Waals surface area contributed by atoms with Crippen molar-refractivity contribution < 1.29 is 18.3 Å². The van der Waals surface area contributed by atoms with Gasteiger partial charge in [-0.25, -0.2) is 13.8 Å². The van der Waals surface area contributed by atoms with Crippen LogP contribution in [0.3, 0.4) is 0 Å². The van der Waals surface area contributed by atoms with E-state index in [-0.39, 0.29) is 5.13 Å². The summed E-state index contributed by atoms with van der Waals surface area (Å²) >= 11 is 1.19. The molecule has 0 spiro atoms. The molecular weight excluding hydrogens is 310 g/mol. The van der Waals surface area contributed by atoms with E-state index in [9.17, 15) is 13.6 Å². The predicted molar refractivity (Wildman–Crippen MR) is 80.5 cm³/mol. The minimum Gasteiger partial charge on any atom is -0.497 e. The summed E-state index contributed by atoms with van der Waals surface area (Å²) in [5, 5.41) is 2.67. The van der Waals surface area contributed by atoms with Gasteiger partial charge in [-0.2, -0.15) is 0 Å². The van der Waals surface area contributed by atoms with Gasteiger partial charge in [0.05, 0.1) is 17.3 Å². The summed E-state index contributed by atoms with van der Waals surface area (Å²) in [4.78, 5) is 16.2. The molecule has 22 heavy (non-hydrogen) atoms. The largest absolute Gasteiger partial charge is 0.497 e. The van der Waals surface area contributed by atoms with Crippen molar-refractivity contribution in [3.8, 4) is 5.75 Å². The van der Waals surface area contributed by atoms with Gasteiger partial charge in [-0.05, 0) is 30.3 Å². The van der Waals surface area contributed by atoms with Gasteiger partial charge in [0.2, 0.25) is 0 Å². The van der Waals surface area contributed by atoms with Crippen LogP contribution in [0, 0.1) is 11.6 Å². The third-order valence-electron chi connectivity index (χ3n) is 3.01. The lowest BCUT2D eigenvalue weighted by atomic mass is 10.2. The van der Waals surface area contributed by atoms with E-state index >= 15 is 0 Å². The van der Waals surface area contributed by atoms with Crippen molar-refractivity contribution in [2.24, 2.45) is 0 Å². The third kappa shape index (κ3) is 2.62. The van der Waals surface area contributed by atoms with Gasteiger partial charge in [-0.1, -0.05) is 17.4 Å². The van der Waals surface area contributed by atoms with Gasteiger partial charge in [0, 0.05) is 0 Å². The molecule has 0 saturated heterocycles. The van der Waals surface area contributed by atoms with Crippen molar-refractivity contribution in [3.63, 3.8) is 0 Å². The molecule has 0 aliphatic rings. The molecule has 2 aromatic carbocycles. The number of methoxy groups -OCH3 is 1. The Hall–Kier alpha value is -2.54. The second-order valence-corrected chi connectivity index (χ2v) is 5.43. The Morgan fingerprint density at radius 3 is 2.64 bits per heavy atom. The van der Waals surface area contributed by atoms with Gasteiger partial charge >= 0.3 is 0 Å². The number of carbonyl (C=O) groups excluding carboxylic acids is 1. The van der Waals surface area contributed by atoms with Crippen LogP contribution in [0.4, 0.5) is 13.9 Å². The van der Waals surface area contributed by atoms with Crippen LogP contribution in [0.2, 0.25) is 0 Å². The summed E-state index contributed by atoms with van der Waals surface area (Å²) in [5.41, 5.74) is 0.0365. The quantitative estimate of drug-likeness (QED) is 0.798. The van der Waals surface area contributed by atoms with Gasteiger partial charge < -0.3 is 4.74 Å². The molecule has 0 atom stereocenters. The number of carbonyl (C=O) groups is 1. The third-order valence-corrected chi connectivity index (χ3v) is 3.94. The second-order valence-electron chi connectivity index (χ2n) is 4.40. The monoisotopic (exact) mass is 320 g/mol. The Morgan fingerprint density at radius 2 is 1.95 bits per heavy atom. The number of hydrogen-bond donors (Lipinski definition) is 1. The molecule has 0 unspecified atom stereocenters. The molecule has 7 heteroatoms. The summed E-state index contributed by atoms with van der Waals surface area (Å²) in [6, 6.07) is 8.51. The van der Waals surface area contributed by atoms with E-state index in [4.69, 9.17) is 4.74 Å². The zero-order valence-corrected chi connectivity index (χ0v) is 12.2. The maximum absolute atomic E-state index is 13.6. The highest BCUT2D eigenvalue weighted by atomic mass is 32.1. The lowest BCUT2D eigenvalue weighted by Crippen LogP contribution is -2.15. The van der Waals surface area contributed by atoms with E-state index in [1.165, 1.54) is 17.4 Å². The molecule has 0 radical (unpaired) electrons. The van der Waals surface area contributed by atoms with Crippen LogP contribution in [0.25, 0.3) is 10.2 Å². The minimum atomic E-state index is -0.916. The molecule has 0 aliphatic carbocycles. The van der Waals surface area contributed by atoms with Crippen LogP contribution in [-0.4, -0.2) is 18.0 Å². The van der Waals surface area contributed by atoms with Crippen LogP contribution < -0.4 is 10.1 Å². The Bertz CT molecular complexity index is 844. The molecule has 1 N–H and O–H groups in total. The molecule has 112 valence electrons. The van der Waals surface area contributed by atoms with Crippen LogP contribution in [-0.2, 0) is 0 Å². The van der Waals surface area contributed by atoms with Crippen molar-refractivity contribution in [3.05, 3.63) is 53.6 Å². The first-order valence-electron chi connectivity index (χ1n) is 6.28. The highest BCUT2D eigenvalue weighted by Gasteiger charge is 2.18. The fraction of sp³-hybridized carbons (Fsp3) is 0.0667. The second kappa shape index (κ2) is 5.69. The number of thiazole rings is 1. The summed E-state index contributed by atoms with van der Waals surface area (Å²) in [6.45, 7) is 0. The number of aromatic nitrogens is 1. The summed E-state index contributed by atoms with van der Waals surface area (Å²) < 4.78 is 33.0. The number of nitrogens with one attached hydrogen (secondary N) is 1. The maximum Gasteiger partial charge on any atom is 0.263 e. The highest BCUT2D eigenvalue weighted by molar-refractivity contribution is 7.22. The molecule has 1 heterocycles. The van der Waals surface area contributed by atoms with Gasteiger partial charge in [-0.3, -0.25) is 10.1 Å². The first kappa shape index (κ1) is 14.4. The van der Waals surface area contributed by atoms with E-state index in [0.29, 0.717) is 11.3 Å². The number of benzene rings is 2. The molecule has 3 aromatic rings. The molecule has 4 nitrogen and oxygen atoms in total. The van der Waals surface area contributed by atoms with Crippen molar-refractivity contribution in [1.82, 2.24) is 4.98 Å². The zero-order chi connectivity index (χ0) is 15.7. The van der Waals surface area contributed by atoms with E-state index in [2.05, 4.69) is 10.3 Å². The average Bonchev–Trinajstić information content (AvgIpc) is 2.87. The van der Waals surface area contributed by atoms with E-state index in [1.54, 1.807) is 25.3 Å². The van der Waals surface area contributed by atoms with Crippen molar-refractivity contribution >= 4 is 32.6 Å². The van der Waals surface area contributed by atoms with Gasteiger partial charge in [0.25, 0.3) is 5.91 Å². The van der Waals surface area contributed by atoms with Gasteiger partial charge in [0.1, 0.15) is 22.9 Å². The number of ether oxygens (including phenoxy) is 1. The highest BCUT2D eigenvalue weighted by Crippen LogP contribution is 2.29.